The first-order valence-electron chi connectivity index (χ1n) is 15.7. The molecule has 0 saturated carbocycles. The van der Waals surface area contributed by atoms with Crippen LogP contribution in [0, 0.1) is 11.6 Å². The van der Waals surface area contributed by atoms with Crippen molar-refractivity contribution in [3.05, 3.63) is 143 Å². The molecule has 7 aromatic rings. The number of rotatable bonds is 9. The average Bonchev–Trinajstić information content (AvgIpc) is 3.83. The molecule has 18 heteroatoms. The minimum atomic E-state index is -0.380. The van der Waals surface area contributed by atoms with E-state index in [9.17, 15) is 19.1 Å². The van der Waals surface area contributed by atoms with Gasteiger partial charge in [-0.3, -0.25) is 0 Å². The summed E-state index contributed by atoms with van der Waals surface area (Å²) in [5.41, 5.74) is 2.89. The van der Waals surface area contributed by atoms with E-state index in [1.807, 2.05) is 30.3 Å². The lowest BCUT2D eigenvalue weighted by Gasteiger charge is -2.11. The Morgan fingerprint density at radius 2 is 1.13 bits per heavy atom. The molecule has 0 bridgehead atoms. The number of ether oxygens (including phenoxy) is 1. The van der Waals surface area contributed by atoms with Gasteiger partial charge in [-0.05, 0) is 41.0 Å². The fourth-order valence-corrected chi connectivity index (χ4v) is 4.86. The van der Waals surface area contributed by atoms with E-state index in [-0.39, 0.29) is 69.8 Å². The van der Waals surface area contributed by atoms with Gasteiger partial charge in [0.25, 0.3) is 11.8 Å². The Morgan fingerprint density at radius 1 is 0.642 bits per heavy atom. The van der Waals surface area contributed by atoms with Crippen LogP contribution in [0.3, 0.4) is 0 Å². The van der Waals surface area contributed by atoms with Gasteiger partial charge in [0.2, 0.25) is 22.8 Å². The van der Waals surface area contributed by atoms with E-state index in [0.717, 1.165) is 16.7 Å². The summed E-state index contributed by atoms with van der Waals surface area (Å²) in [6, 6.07) is 21.5. The zero-order valence-electron chi connectivity index (χ0n) is 28.1. The van der Waals surface area contributed by atoms with E-state index < -0.39 is 0 Å². The first-order valence-corrected chi connectivity index (χ1v) is 15.7. The van der Waals surface area contributed by atoms with Crippen LogP contribution in [0.2, 0.25) is 0 Å². The van der Waals surface area contributed by atoms with Gasteiger partial charge in [0.05, 0.1) is 25.5 Å². The predicted octanol–water partition coefficient (Wildman–Crippen LogP) is 4.26. The third kappa shape index (κ3) is 8.56. The topological polar surface area (TPSA) is 208 Å². The summed E-state index contributed by atoms with van der Waals surface area (Å²) in [6.45, 7) is 0.235. The highest BCUT2D eigenvalue weighted by Crippen LogP contribution is 2.25. The van der Waals surface area contributed by atoms with E-state index in [1.54, 1.807) is 38.4 Å². The van der Waals surface area contributed by atoms with E-state index in [2.05, 4.69) is 40.7 Å². The highest BCUT2D eigenvalue weighted by atomic mass is 19.1. The zero-order valence-corrected chi connectivity index (χ0v) is 28.1. The Labute approximate surface area is 298 Å². The molecule has 0 atom stereocenters. The molecule has 270 valence electrons. The summed E-state index contributed by atoms with van der Waals surface area (Å²) in [6.07, 6.45) is 3.45. The van der Waals surface area contributed by atoms with Crippen molar-refractivity contribution >= 4 is 0 Å². The summed E-state index contributed by atoms with van der Waals surface area (Å²) in [4.78, 5) is 8.31. The van der Waals surface area contributed by atoms with Crippen LogP contribution in [0.1, 0.15) is 28.5 Å². The molecule has 53 heavy (non-hydrogen) atoms. The van der Waals surface area contributed by atoms with Crippen LogP contribution in [0.25, 0.3) is 23.2 Å². The molecular weight excluding hydrogens is 694 g/mol. The molecule has 0 aliphatic heterocycles. The summed E-state index contributed by atoms with van der Waals surface area (Å²) in [5, 5.41) is 50.5. The molecule has 0 amide bonds. The lowest BCUT2D eigenvalue weighted by Crippen LogP contribution is -2.22. The Hall–Kier alpha value is -7.24. The van der Waals surface area contributed by atoms with Crippen molar-refractivity contribution in [1.29, 1.82) is 0 Å². The Kier molecular flexibility index (Phi) is 10.9. The average molecular weight is 725 g/mol. The number of benzene rings is 3. The second-order valence-corrected chi connectivity index (χ2v) is 11.3. The number of aromatic nitrogens is 8. The molecule has 0 spiro atoms. The van der Waals surface area contributed by atoms with Crippen LogP contribution in [0.5, 0.6) is 11.5 Å². The quantitative estimate of drug-likeness (QED) is 0.141. The van der Waals surface area contributed by atoms with Crippen molar-refractivity contribution in [2.24, 2.45) is 24.4 Å². The first-order chi connectivity index (χ1) is 25.7. The van der Waals surface area contributed by atoms with Crippen molar-refractivity contribution in [2.75, 3.05) is 0 Å². The molecule has 16 nitrogen and oxygen atoms in total. The van der Waals surface area contributed by atoms with Gasteiger partial charge in [0.1, 0.15) is 18.2 Å². The van der Waals surface area contributed by atoms with E-state index in [1.165, 1.54) is 46.1 Å². The van der Waals surface area contributed by atoms with Crippen LogP contribution in [-0.2, 0) is 33.5 Å². The lowest BCUT2D eigenvalue weighted by molar-refractivity contribution is 0.266. The third-order valence-corrected chi connectivity index (χ3v) is 7.53. The minimum absolute atomic E-state index is 0.00811. The molecular formula is C35H30F2N10O6. The molecule has 0 saturated heterocycles. The van der Waals surface area contributed by atoms with Crippen molar-refractivity contribution < 1.29 is 37.9 Å². The van der Waals surface area contributed by atoms with Crippen molar-refractivity contribution in [2.45, 2.75) is 19.4 Å². The minimum Gasteiger partial charge on any atom is -0.503 e. The fraction of sp³-hybridized carbons (Fsp3) is 0.143. The van der Waals surface area contributed by atoms with Crippen LogP contribution < -0.4 is 15.7 Å². The third-order valence-electron chi connectivity index (χ3n) is 7.53. The number of nitrogens with zero attached hydrogens (tertiary/aromatic N) is 10. The Morgan fingerprint density at radius 3 is 1.66 bits per heavy atom. The smallest absolute Gasteiger partial charge is 0.270 e. The van der Waals surface area contributed by atoms with Gasteiger partial charge in [-0.2, -0.15) is 0 Å². The zero-order chi connectivity index (χ0) is 37.3. The summed E-state index contributed by atoms with van der Waals surface area (Å²) in [5.74, 6) is -0.0754. The van der Waals surface area contributed by atoms with Crippen LogP contribution >= 0.6 is 0 Å². The molecule has 3 aromatic carbocycles. The largest absolute Gasteiger partial charge is 0.503 e. The molecule has 0 unspecified atom stereocenters. The van der Waals surface area contributed by atoms with Gasteiger partial charge in [-0.15, -0.1) is 20.4 Å². The Balaban J connectivity index is 0.000000188. The van der Waals surface area contributed by atoms with E-state index in [0.29, 0.717) is 18.7 Å². The van der Waals surface area contributed by atoms with Crippen LogP contribution in [0.15, 0.2) is 111 Å². The van der Waals surface area contributed by atoms with Gasteiger partial charge in [-0.1, -0.05) is 64.9 Å². The van der Waals surface area contributed by atoms with Gasteiger partial charge in [0.15, 0.2) is 22.9 Å². The van der Waals surface area contributed by atoms with Gasteiger partial charge < -0.3 is 38.2 Å². The molecule has 4 aromatic heterocycles. The maximum absolute atomic E-state index is 13.1. The Bertz CT molecular complexity index is 2450. The fourth-order valence-electron chi connectivity index (χ4n) is 4.86. The van der Waals surface area contributed by atoms with Crippen molar-refractivity contribution in [1.82, 2.24) is 39.5 Å². The van der Waals surface area contributed by atoms with E-state index in [4.69, 9.17) is 18.8 Å². The monoisotopic (exact) mass is 724 g/mol. The molecule has 0 fully saturated rings. The normalized spacial score (nSPS) is 11.7. The number of aryl methyl sites for hydroxylation is 2. The van der Waals surface area contributed by atoms with Crippen molar-refractivity contribution in [3.8, 4) is 34.7 Å². The summed E-state index contributed by atoms with van der Waals surface area (Å²) >= 11 is 0. The lowest BCUT2D eigenvalue weighted by atomic mass is 10.1. The van der Waals surface area contributed by atoms with Crippen LogP contribution in [-0.4, -0.2) is 55.0 Å². The highest BCUT2D eigenvalue weighted by molar-refractivity contribution is 5.56. The highest BCUT2D eigenvalue weighted by Gasteiger charge is 2.20. The molecule has 0 aliphatic rings. The summed E-state index contributed by atoms with van der Waals surface area (Å²) in [7, 11) is 3.23. The first kappa shape index (κ1) is 35.6. The number of aromatic hydroxyl groups is 1. The molecule has 0 radical (unpaired) electrons. The maximum atomic E-state index is 13.1. The predicted molar refractivity (Wildman–Crippen MR) is 179 cm³/mol. The van der Waals surface area contributed by atoms with E-state index >= 15 is 0 Å². The molecule has 0 aliphatic carbocycles. The maximum Gasteiger partial charge on any atom is 0.270 e. The summed E-state index contributed by atoms with van der Waals surface area (Å²) < 4.78 is 45.9. The number of hydrogen-bond donors (Lipinski definition) is 3. The second kappa shape index (κ2) is 16.2. The van der Waals surface area contributed by atoms with Crippen molar-refractivity contribution in [3.63, 3.8) is 0 Å². The molecule has 7 rings (SSSR count). The SMILES string of the molecule is Cn1cnc(-c2nnc(Cc3ccc(F)cc3)o2)c(O)/c1=N/O.Cn1cnc(-c2nnc(Cc3ccc(F)cc3)o2)c(OCc2ccccc2)/c1=N/O. The van der Waals surface area contributed by atoms with Gasteiger partial charge in [0, 0.05) is 14.1 Å². The van der Waals surface area contributed by atoms with Gasteiger partial charge in [-0.25, -0.2) is 18.7 Å². The molecule has 4 heterocycles. The van der Waals surface area contributed by atoms with Crippen LogP contribution in [0.4, 0.5) is 8.78 Å². The number of halogens is 2. The second-order valence-electron chi connectivity index (χ2n) is 11.3. The number of hydrogen-bond acceptors (Lipinski definition) is 14. The van der Waals surface area contributed by atoms with Gasteiger partial charge >= 0.3 is 0 Å². The molecule has 3 N–H and O–H groups in total. The standard InChI is InChI=1S/C21H18FN5O3.C14H12FN5O3/c1-27-13-23-18(19(20(27)26-28)29-12-15-5-3-2-4-6-15)21-25-24-17(30-21)11-14-7-9-16(22)10-8-14;1-20-7-16-11(12(21)13(20)19-22)14-18-17-10(23-14)6-8-2-4-9(15)5-3-8/h2-10,13,28H,11-12H2,1H3;2-5,7,21-22H,6H2,1H3/b26-20-;19-13-.